The van der Waals surface area contributed by atoms with Gasteiger partial charge in [-0.05, 0) is 25.5 Å². The van der Waals surface area contributed by atoms with Gasteiger partial charge in [0.1, 0.15) is 16.9 Å². The number of para-hydroxylation sites is 1. The summed E-state index contributed by atoms with van der Waals surface area (Å²) in [7, 11) is 1.58. The van der Waals surface area contributed by atoms with Crippen LogP contribution in [-0.4, -0.2) is 23.2 Å². The third kappa shape index (κ3) is 3.48. The predicted octanol–water partition coefficient (Wildman–Crippen LogP) is 4.25. The number of fused-ring (bicyclic) bond motifs is 3. The summed E-state index contributed by atoms with van der Waals surface area (Å²) in [6.07, 6.45) is 1.51. The van der Waals surface area contributed by atoms with Gasteiger partial charge in [0.15, 0.2) is 5.82 Å². The Morgan fingerprint density at radius 3 is 2.81 bits per heavy atom. The SMILES string of the molecule is COc1cc2c(cc1NC(=O)CCCc1nc(C)no1)oc1ccccc12. The van der Waals surface area contributed by atoms with Crippen LogP contribution >= 0.6 is 0 Å². The maximum atomic E-state index is 12.3. The first-order valence-corrected chi connectivity index (χ1v) is 8.72. The molecule has 7 heteroatoms. The molecular weight excluding hydrogens is 346 g/mol. The monoisotopic (exact) mass is 365 g/mol. The molecule has 0 aliphatic heterocycles. The number of benzene rings is 2. The Balaban J connectivity index is 1.50. The highest BCUT2D eigenvalue weighted by atomic mass is 16.5. The predicted molar refractivity (Wildman–Crippen MR) is 101 cm³/mol. The van der Waals surface area contributed by atoms with Gasteiger partial charge in [-0.2, -0.15) is 4.98 Å². The van der Waals surface area contributed by atoms with Crippen molar-refractivity contribution in [3.05, 3.63) is 48.1 Å². The van der Waals surface area contributed by atoms with Crippen LogP contribution in [-0.2, 0) is 11.2 Å². The third-order valence-electron chi connectivity index (χ3n) is 4.34. The van der Waals surface area contributed by atoms with Gasteiger partial charge in [-0.1, -0.05) is 23.4 Å². The van der Waals surface area contributed by atoms with E-state index in [0.717, 1.165) is 16.4 Å². The van der Waals surface area contributed by atoms with Crippen LogP contribution in [0.4, 0.5) is 5.69 Å². The van der Waals surface area contributed by atoms with Crippen LogP contribution in [0, 0.1) is 6.92 Å². The number of carbonyl (C=O) groups is 1. The van der Waals surface area contributed by atoms with Crippen molar-refractivity contribution in [2.45, 2.75) is 26.2 Å². The van der Waals surface area contributed by atoms with Gasteiger partial charge >= 0.3 is 0 Å². The number of aromatic nitrogens is 2. The van der Waals surface area contributed by atoms with E-state index >= 15 is 0 Å². The van der Waals surface area contributed by atoms with Gasteiger partial charge < -0.3 is 19.0 Å². The van der Waals surface area contributed by atoms with Crippen LogP contribution in [0.3, 0.4) is 0 Å². The Morgan fingerprint density at radius 1 is 1.19 bits per heavy atom. The molecule has 1 amide bonds. The molecule has 0 saturated heterocycles. The molecule has 1 N–H and O–H groups in total. The summed E-state index contributed by atoms with van der Waals surface area (Å²) in [5, 5.41) is 8.60. The Labute approximate surface area is 155 Å². The van der Waals surface area contributed by atoms with Gasteiger partial charge in [0.25, 0.3) is 0 Å². The minimum atomic E-state index is -0.111. The molecule has 2 aromatic carbocycles. The van der Waals surface area contributed by atoms with Gasteiger partial charge in [-0.3, -0.25) is 4.79 Å². The highest BCUT2D eigenvalue weighted by molar-refractivity contribution is 6.07. The second kappa shape index (κ2) is 7.11. The summed E-state index contributed by atoms with van der Waals surface area (Å²) in [5.74, 6) is 1.62. The summed E-state index contributed by atoms with van der Waals surface area (Å²) >= 11 is 0. The number of rotatable bonds is 6. The van der Waals surface area contributed by atoms with E-state index in [4.69, 9.17) is 13.7 Å². The molecule has 0 aliphatic carbocycles. The zero-order valence-electron chi connectivity index (χ0n) is 15.1. The number of ether oxygens (including phenoxy) is 1. The molecule has 2 aromatic heterocycles. The molecule has 138 valence electrons. The van der Waals surface area contributed by atoms with E-state index in [1.54, 1.807) is 20.1 Å². The van der Waals surface area contributed by atoms with Gasteiger partial charge in [0, 0.05) is 29.7 Å². The Hall–Kier alpha value is -3.35. The van der Waals surface area contributed by atoms with Crippen molar-refractivity contribution in [3.8, 4) is 5.75 Å². The number of methoxy groups -OCH3 is 1. The maximum absolute atomic E-state index is 12.3. The Morgan fingerprint density at radius 2 is 2.04 bits per heavy atom. The van der Waals surface area contributed by atoms with Crippen LogP contribution in [0.1, 0.15) is 24.6 Å². The zero-order chi connectivity index (χ0) is 18.8. The summed E-state index contributed by atoms with van der Waals surface area (Å²) < 4.78 is 16.4. The molecule has 0 saturated carbocycles. The molecule has 0 unspecified atom stereocenters. The lowest BCUT2D eigenvalue weighted by Gasteiger charge is -2.10. The highest BCUT2D eigenvalue weighted by Gasteiger charge is 2.14. The topological polar surface area (TPSA) is 90.4 Å². The van der Waals surface area contributed by atoms with Crippen molar-refractivity contribution in [3.63, 3.8) is 0 Å². The zero-order valence-corrected chi connectivity index (χ0v) is 15.1. The average Bonchev–Trinajstić information content (AvgIpc) is 3.23. The second-order valence-corrected chi connectivity index (χ2v) is 6.28. The van der Waals surface area contributed by atoms with Crippen molar-refractivity contribution in [2.24, 2.45) is 0 Å². The van der Waals surface area contributed by atoms with E-state index in [9.17, 15) is 4.79 Å². The summed E-state index contributed by atoms with van der Waals surface area (Å²) in [6.45, 7) is 1.76. The molecular formula is C20H19N3O4. The number of carbonyl (C=O) groups excluding carboxylic acids is 1. The minimum absolute atomic E-state index is 0.111. The smallest absolute Gasteiger partial charge is 0.226 e. The van der Waals surface area contributed by atoms with Crippen molar-refractivity contribution in [2.75, 3.05) is 12.4 Å². The van der Waals surface area contributed by atoms with Crippen molar-refractivity contribution < 1.29 is 18.5 Å². The molecule has 4 aromatic rings. The van der Waals surface area contributed by atoms with E-state index < -0.39 is 0 Å². The summed E-state index contributed by atoms with van der Waals surface area (Å²) in [6, 6.07) is 11.5. The Kier molecular flexibility index (Phi) is 4.50. The van der Waals surface area contributed by atoms with Gasteiger partial charge in [0.05, 0.1) is 12.8 Å². The third-order valence-corrected chi connectivity index (χ3v) is 4.34. The minimum Gasteiger partial charge on any atom is -0.495 e. The molecule has 7 nitrogen and oxygen atoms in total. The number of nitrogens with one attached hydrogen (secondary N) is 1. The number of hydrogen-bond acceptors (Lipinski definition) is 6. The molecule has 27 heavy (non-hydrogen) atoms. The summed E-state index contributed by atoms with van der Waals surface area (Å²) in [5.41, 5.74) is 2.09. The molecule has 2 heterocycles. The number of nitrogens with zero attached hydrogens (tertiary/aromatic N) is 2. The van der Waals surface area contributed by atoms with Crippen molar-refractivity contribution >= 4 is 33.5 Å². The fraction of sp³-hybridized carbons (Fsp3) is 0.250. The van der Waals surface area contributed by atoms with Crippen LogP contribution in [0.5, 0.6) is 5.75 Å². The number of hydrogen-bond donors (Lipinski definition) is 1. The average molecular weight is 365 g/mol. The standard InChI is InChI=1S/C20H19N3O4/c1-12-21-20(27-23-12)9-5-8-19(24)22-15-11-17-14(10-18(15)25-2)13-6-3-4-7-16(13)26-17/h3-4,6-7,10-11H,5,8-9H2,1-2H3,(H,22,24). The fourth-order valence-electron chi connectivity index (χ4n) is 3.07. The lowest BCUT2D eigenvalue weighted by molar-refractivity contribution is -0.116. The molecule has 4 rings (SSSR count). The number of anilines is 1. The van der Waals surface area contributed by atoms with E-state index in [1.807, 2.05) is 30.3 Å². The highest BCUT2D eigenvalue weighted by Crippen LogP contribution is 2.36. The van der Waals surface area contributed by atoms with Crippen LogP contribution in [0.15, 0.2) is 45.3 Å². The van der Waals surface area contributed by atoms with E-state index in [-0.39, 0.29) is 5.91 Å². The van der Waals surface area contributed by atoms with Crippen LogP contribution in [0.25, 0.3) is 21.9 Å². The van der Waals surface area contributed by atoms with E-state index in [1.165, 1.54) is 0 Å². The van der Waals surface area contributed by atoms with Crippen LogP contribution in [0.2, 0.25) is 0 Å². The summed E-state index contributed by atoms with van der Waals surface area (Å²) in [4.78, 5) is 16.5. The normalized spacial score (nSPS) is 11.2. The first-order valence-electron chi connectivity index (χ1n) is 8.72. The van der Waals surface area contributed by atoms with E-state index in [0.29, 0.717) is 48.0 Å². The maximum Gasteiger partial charge on any atom is 0.226 e. The molecule has 0 fully saturated rings. The molecule has 0 spiro atoms. The van der Waals surface area contributed by atoms with Crippen LogP contribution < -0.4 is 10.1 Å². The molecule has 0 aliphatic rings. The molecule has 0 radical (unpaired) electrons. The van der Waals surface area contributed by atoms with Crippen molar-refractivity contribution in [1.82, 2.24) is 10.1 Å². The number of furan rings is 1. The largest absolute Gasteiger partial charge is 0.495 e. The van der Waals surface area contributed by atoms with Gasteiger partial charge in [-0.25, -0.2) is 0 Å². The lowest BCUT2D eigenvalue weighted by atomic mass is 10.1. The Bertz CT molecular complexity index is 1110. The number of amides is 1. The van der Waals surface area contributed by atoms with Gasteiger partial charge in [0.2, 0.25) is 11.8 Å². The van der Waals surface area contributed by atoms with Crippen molar-refractivity contribution in [1.29, 1.82) is 0 Å². The first-order chi connectivity index (χ1) is 13.1. The fourth-order valence-corrected chi connectivity index (χ4v) is 3.07. The molecule has 0 atom stereocenters. The quantitative estimate of drug-likeness (QED) is 0.549. The second-order valence-electron chi connectivity index (χ2n) is 6.28. The number of aryl methyl sites for hydroxylation is 2. The first kappa shape index (κ1) is 17.1. The van der Waals surface area contributed by atoms with Gasteiger partial charge in [-0.15, -0.1) is 0 Å². The van der Waals surface area contributed by atoms with E-state index in [2.05, 4.69) is 15.5 Å². The molecule has 0 bridgehead atoms. The lowest BCUT2D eigenvalue weighted by Crippen LogP contribution is -2.12.